The van der Waals surface area contributed by atoms with E-state index in [9.17, 15) is 4.79 Å². The second-order valence-corrected chi connectivity index (χ2v) is 9.29. The summed E-state index contributed by atoms with van der Waals surface area (Å²) in [5.41, 5.74) is 0.704. The van der Waals surface area contributed by atoms with E-state index in [1.165, 1.54) is 14.2 Å². The number of nitrogens with zero attached hydrogens (tertiary/aromatic N) is 2. The van der Waals surface area contributed by atoms with Crippen molar-refractivity contribution < 1.29 is 23.7 Å². The van der Waals surface area contributed by atoms with Crippen LogP contribution < -0.4 is 20.1 Å². The number of alkyl carbamates (subject to hydrolysis) is 1. The van der Waals surface area contributed by atoms with Gasteiger partial charge >= 0.3 is 6.09 Å². The minimum atomic E-state index is -0.580. The number of anilines is 1. The maximum atomic E-state index is 12.1. The van der Waals surface area contributed by atoms with Crippen LogP contribution in [0.1, 0.15) is 31.9 Å². The Hall–Kier alpha value is -2.75. The van der Waals surface area contributed by atoms with Crippen molar-refractivity contribution in [1.29, 1.82) is 0 Å². The number of rotatable bonds is 7. The third-order valence-electron chi connectivity index (χ3n) is 4.82. The molecule has 2 aromatic rings. The minimum Gasteiger partial charge on any atom is -0.495 e. The van der Waals surface area contributed by atoms with Crippen molar-refractivity contribution in [3.8, 4) is 11.5 Å². The molecule has 184 valence electrons. The van der Waals surface area contributed by atoms with Crippen LogP contribution in [0.25, 0.3) is 12.2 Å². The molecule has 34 heavy (non-hydrogen) atoms. The molecule has 0 saturated carbocycles. The Kier molecular flexibility index (Phi) is 8.46. The molecule has 1 aromatic carbocycles. The first-order valence-corrected chi connectivity index (χ1v) is 11.3. The van der Waals surface area contributed by atoms with Crippen LogP contribution in [0.3, 0.4) is 0 Å². The van der Waals surface area contributed by atoms with Gasteiger partial charge in [0.15, 0.2) is 0 Å². The number of hydrogen-bond acceptors (Lipinski definition) is 8. The van der Waals surface area contributed by atoms with Gasteiger partial charge in [-0.25, -0.2) is 14.8 Å². The number of nitrogens with one attached hydrogen (secondary N) is 2. The molecule has 0 aliphatic carbocycles. The van der Waals surface area contributed by atoms with Gasteiger partial charge < -0.3 is 29.6 Å². The summed E-state index contributed by atoms with van der Waals surface area (Å²) in [5, 5.41) is 6.75. The Bertz CT molecular complexity index is 1010. The molecule has 3 rings (SSSR count). The van der Waals surface area contributed by atoms with Gasteiger partial charge in [-0.2, -0.15) is 0 Å². The standard InChI is InChI=1S/C23H28Cl2N4O5/c1-23(2,3)34-22(30)29-16-12-33-11-15(16)28-21-26-9-13(10-27-21)6-7-14-19(24)17(31-4)8-18(32-5)20(14)25/h6-10,15-16H,11-12H2,1-5H3,(H,29,30)(H,26,27,28)/b7-6+/t15?,16-/m0/s1. The first-order valence-electron chi connectivity index (χ1n) is 10.5. The highest BCUT2D eigenvalue weighted by Gasteiger charge is 2.31. The van der Waals surface area contributed by atoms with Crippen molar-refractivity contribution in [3.63, 3.8) is 0 Å². The highest BCUT2D eigenvalue weighted by molar-refractivity contribution is 6.39. The zero-order chi connectivity index (χ0) is 24.9. The summed E-state index contributed by atoms with van der Waals surface area (Å²) >= 11 is 12.8. The Morgan fingerprint density at radius 2 is 1.65 bits per heavy atom. The van der Waals surface area contributed by atoms with Crippen LogP contribution in [0.5, 0.6) is 11.5 Å². The highest BCUT2D eigenvalue weighted by atomic mass is 35.5. The second-order valence-electron chi connectivity index (χ2n) is 8.54. The molecule has 1 aliphatic heterocycles. The Balaban J connectivity index is 1.67. The average Bonchev–Trinajstić information content (AvgIpc) is 3.20. The Morgan fingerprint density at radius 3 is 2.21 bits per heavy atom. The molecule has 11 heteroatoms. The van der Waals surface area contributed by atoms with Crippen molar-refractivity contribution in [2.24, 2.45) is 0 Å². The second kappa shape index (κ2) is 11.1. The number of ether oxygens (including phenoxy) is 4. The zero-order valence-corrected chi connectivity index (χ0v) is 21.2. The summed E-state index contributed by atoms with van der Waals surface area (Å²) in [6, 6.07) is 1.16. The normalized spacial score (nSPS) is 18.1. The van der Waals surface area contributed by atoms with E-state index in [1.807, 2.05) is 20.8 Å². The van der Waals surface area contributed by atoms with E-state index in [0.717, 1.165) is 5.56 Å². The van der Waals surface area contributed by atoms with Crippen molar-refractivity contribution in [2.75, 3.05) is 32.8 Å². The van der Waals surface area contributed by atoms with E-state index >= 15 is 0 Å². The van der Waals surface area contributed by atoms with Gasteiger partial charge in [0, 0.05) is 29.6 Å². The first kappa shape index (κ1) is 25.9. The molecule has 2 atom stereocenters. The highest BCUT2D eigenvalue weighted by Crippen LogP contribution is 2.41. The van der Waals surface area contributed by atoms with Gasteiger partial charge in [0.2, 0.25) is 5.95 Å². The summed E-state index contributed by atoms with van der Waals surface area (Å²) < 4.78 is 21.4. The smallest absolute Gasteiger partial charge is 0.408 e. The number of carbonyl (C=O) groups is 1. The van der Waals surface area contributed by atoms with Crippen molar-refractivity contribution in [3.05, 3.63) is 39.6 Å². The number of hydrogen-bond donors (Lipinski definition) is 2. The number of aromatic nitrogens is 2. The molecule has 1 saturated heterocycles. The lowest BCUT2D eigenvalue weighted by atomic mass is 10.1. The van der Waals surface area contributed by atoms with Crippen LogP contribution in [0.2, 0.25) is 10.0 Å². The van der Waals surface area contributed by atoms with Crippen molar-refractivity contribution in [1.82, 2.24) is 15.3 Å². The van der Waals surface area contributed by atoms with Gasteiger partial charge in [-0.3, -0.25) is 0 Å². The average molecular weight is 511 g/mol. The van der Waals surface area contributed by atoms with Crippen LogP contribution in [-0.2, 0) is 9.47 Å². The van der Waals surface area contributed by atoms with E-state index in [-0.39, 0.29) is 12.1 Å². The van der Waals surface area contributed by atoms with Gasteiger partial charge in [-0.15, -0.1) is 0 Å². The lowest BCUT2D eigenvalue weighted by Gasteiger charge is -2.24. The molecule has 9 nitrogen and oxygen atoms in total. The SMILES string of the molecule is COc1cc(OC)c(Cl)c(/C=C/c2cnc(NC3COC[C@@H]3NC(=O)OC(C)(C)C)nc2)c1Cl. The molecule has 1 unspecified atom stereocenters. The predicted molar refractivity (Wildman–Crippen MR) is 132 cm³/mol. The first-order chi connectivity index (χ1) is 16.1. The summed E-state index contributed by atoms with van der Waals surface area (Å²) in [6.07, 6.45) is 6.32. The molecule has 0 spiro atoms. The predicted octanol–water partition coefficient (Wildman–Crippen LogP) is 4.68. The number of benzene rings is 1. The van der Waals surface area contributed by atoms with Gasteiger partial charge in [0.05, 0.1) is 49.6 Å². The molecule has 1 fully saturated rings. The molecule has 1 aromatic heterocycles. The summed E-state index contributed by atoms with van der Waals surface area (Å²) in [5.74, 6) is 1.31. The quantitative estimate of drug-likeness (QED) is 0.553. The zero-order valence-electron chi connectivity index (χ0n) is 19.6. The Morgan fingerprint density at radius 1 is 1.06 bits per heavy atom. The fourth-order valence-electron chi connectivity index (χ4n) is 3.19. The maximum absolute atomic E-state index is 12.1. The minimum absolute atomic E-state index is 0.198. The van der Waals surface area contributed by atoms with Gasteiger partial charge in [-0.05, 0) is 20.8 Å². The topological polar surface area (TPSA) is 104 Å². The molecule has 1 amide bonds. The number of halogens is 2. The lowest BCUT2D eigenvalue weighted by Crippen LogP contribution is -2.47. The molecule has 2 heterocycles. The fraction of sp³-hybridized carbons (Fsp3) is 0.435. The van der Waals surface area contributed by atoms with Crippen LogP contribution >= 0.6 is 23.2 Å². The van der Waals surface area contributed by atoms with Crippen molar-refractivity contribution >= 4 is 47.4 Å². The van der Waals surface area contributed by atoms with Crippen LogP contribution in [0, 0.1) is 0 Å². The van der Waals surface area contributed by atoms with E-state index < -0.39 is 11.7 Å². The van der Waals surface area contributed by atoms with Gasteiger partial charge in [0.1, 0.15) is 17.1 Å². The summed E-state index contributed by atoms with van der Waals surface area (Å²) in [7, 11) is 3.04. The number of amides is 1. The van der Waals surface area contributed by atoms with Crippen LogP contribution in [0.4, 0.5) is 10.7 Å². The van der Waals surface area contributed by atoms with E-state index in [0.29, 0.717) is 46.3 Å². The summed E-state index contributed by atoms with van der Waals surface area (Å²) in [4.78, 5) is 20.8. The van der Waals surface area contributed by atoms with Gasteiger partial charge in [0.25, 0.3) is 0 Å². The molecular weight excluding hydrogens is 483 g/mol. The largest absolute Gasteiger partial charge is 0.495 e. The van der Waals surface area contributed by atoms with Crippen molar-refractivity contribution in [2.45, 2.75) is 38.5 Å². The van der Waals surface area contributed by atoms with E-state index in [1.54, 1.807) is 30.6 Å². The van der Waals surface area contributed by atoms with Crippen LogP contribution in [-0.4, -0.2) is 61.2 Å². The van der Waals surface area contributed by atoms with Crippen LogP contribution in [0.15, 0.2) is 18.5 Å². The summed E-state index contributed by atoms with van der Waals surface area (Å²) in [6.45, 7) is 6.20. The molecule has 2 N–H and O–H groups in total. The third kappa shape index (κ3) is 6.65. The maximum Gasteiger partial charge on any atom is 0.408 e. The number of carbonyl (C=O) groups excluding carboxylic acids is 1. The monoisotopic (exact) mass is 510 g/mol. The lowest BCUT2D eigenvalue weighted by molar-refractivity contribution is 0.0497. The third-order valence-corrected chi connectivity index (χ3v) is 5.60. The Labute approximate surface area is 208 Å². The molecule has 1 aliphatic rings. The number of methoxy groups -OCH3 is 2. The van der Waals surface area contributed by atoms with E-state index in [4.69, 9.17) is 42.1 Å². The molecule has 0 radical (unpaired) electrons. The molecular formula is C23H28Cl2N4O5. The fourth-order valence-corrected chi connectivity index (χ4v) is 3.82. The van der Waals surface area contributed by atoms with Gasteiger partial charge in [-0.1, -0.05) is 35.4 Å². The molecule has 0 bridgehead atoms. The van der Waals surface area contributed by atoms with E-state index in [2.05, 4.69) is 20.6 Å².